The molecule has 0 unspecified atom stereocenters. The van der Waals surface area contributed by atoms with Crippen LogP contribution in [0.3, 0.4) is 0 Å². The quantitative estimate of drug-likeness (QED) is 0.688. The van der Waals surface area contributed by atoms with Crippen molar-refractivity contribution < 1.29 is 14.3 Å². The summed E-state index contributed by atoms with van der Waals surface area (Å²) in [5.41, 5.74) is 6.89. The van der Waals surface area contributed by atoms with Crippen molar-refractivity contribution in [3.05, 3.63) is 48.2 Å². The van der Waals surface area contributed by atoms with E-state index in [-0.39, 0.29) is 17.9 Å². The van der Waals surface area contributed by atoms with Gasteiger partial charge in [-0.1, -0.05) is 31.5 Å². The highest BCUT2D eigenvalue weighted by Gasteiger charge is 2.26. The molecule has 1 aromatic carbocycles. The van der Waals surface area contributed by atoms with E-state index < -0.39 is 0 Å². The first-order valence-electron chi connectivity index (χ1n) is 10.0. The number of ether oxygens (including phenoxy) is 2. The van der Waals surface area contributed by atoms with Crippen molar-refractivity contribution in [1.82, 2.24) is 10.3 Å². The summed E-state index contributed by atoms with van der Waals surface area (Å²) in [5, 5.41) is 2.98. The molecule has 0 radical (unpaired) electrons. The molecule has 0 bridgehead atoms. The number of rotatable bonds is 9. The maximum atomic E-state index is 12.3. The maximum Gasteiger partial charge on any atom is 0.224 e. The second-order valence-electron chi connectivity index (χ2n) is 7.20. The summed E-state index contributed by atoms with van der Waals surface area (Å²) in [6.07, 6.45) is 6.22. The van der Waals surface area contributed by atoms with Crippen LogP contribution in [0.5, 0.6) is 17.4 Å². The van der Waals surface area contributed by atoms with Crippen LogP contribution < -0.4 is 20.5 Å². The number of carbonyl (C=O) groups is 1. The molecular formula is C22H29N3O3. The summed E-state index contributed by atoms with van der Waals surface area (Å²) in [4.78, 5) is 16.7. The molecule has 1 heterocycles. The van der Waals surface area contributed by atoms with E-state index >= 15 is 0 Å². The summed E-state index contributed by atoms with van der Waals surface area (Å²) in [5.74, 6) is 2.06. The van der Waals surface area contributed by atoms with Crippen molar-refractivity contribution in [2.24, 2.45) is 11.7 Å². The van der Waals surface area contributed by atoms with Crippen LogP contribution in [-0.4, -0.2) is 23.5 Å². The molecule has 3 rings (SSSR count). The molecule has 28 heavy (non-hydrogen) atoms. The average molecular weight is 383 g/mol. The number of hydrogen-bond donors (Lipinski definition) is 2. The van der Waals surface area contributed by atoms with E-state index in [1.165, 1.54) is 0 Å². The van der Waals surface area contributed by atoms with Crippen LogP contribution >= 0.6 is 0 Å². The zero-order valence-corrected chi connectivity index (χ0v) is 16.4. The van der Waals surface area contributed by atoms with Gasteiger partial charge in [-0.2, -0.15) is 0 Å². The van der Waals surface area contributed by atoms with Crippen LogP contribution in [0, 0.1) is 5.92 Å². The van der Waals surface area contributed by atoms with Gasteiger partial charge in [0.15, 0.2) is 11.5 Å². The molecule has 1 aliphatic carbocycles. The minimum Gasteiger partial charge on any atom is -0.490 e. The Labute approximate surface area is 166 Å². The van der Waals surface area contributed by atoms with Crippen LogP contribution in [0.15, 0.2) is 42.6 Å². The number of carbonyl (C=O) groups excluding carboxylic acids is 1. The Bertz CT molecular complexity index is 781. The summed E-state index contributed by atoms with van der Waals surface area (Å²) < 4.78 is 11.8. The van der Waals surface area contributed by atoms with E-state index in [0.29, 0.717) is 37.0 Å². The van der Waals surface area contributed by atoms with Crippen LogP contribution in [0.2, 0.25) is 0 Å². The molecule has 1 fully saturated rings. The molecule has 0 saturated heterocycles. The third-order valence-corrected chi connectivity index (χ3v) is 5.01. The molecule has 150 valence electrons. The van der Waals surface area contributed by atoms with Gasteiger partial charge >= 0.3 is 0 Å². The number of nitrogens with one attached hydrogen (secondary N) is 1. The maximum absolute atomic E-state index is 12.3. The molecule has 6 nitrogen and oxygen atoms in total. The normalized spacial score (nSPS) is 18.6. The minimum absolute atomic E-state index is 0.0174. The fourth-order valence-electron chi connectivity index (χ4n) is 3.44. The van der Waals surface area contributed by atoms with Crippen molar-refractivity contribution in [2.45, 2.75) is 51.6 Å². The lowest BCUT2D eigenvalue weighted by molar-refractivity contribution is -0.122. The van der Waals surface area contributed by atoms with Gasteiger partial charge in [0.25, 0.3) is 0 Å². The highest BCUT2D eigenvalue weighted by molar-refractivity contribution is 5.76. The molecular weight excluding hydrogens is 354 g/mol. The Morgan fingerprint density at radius 2 is 2.04 bits per heavy atom. The largest absolute Gasteiger partial charge is 0.490 e. The van der Waals surface area contributed by atoms with E-state index in [4.69, 9.17) is 15.2 Å². The summed E-state index contributed by atoms with van der Waals surface area (Å²) in [6.45, 7) is 3.04. The SMILES string of the molecule is CCCOc1ccccc1Oc1ncccc1CNC(=O)C[C@@H]1CCC[C@H]1N. The first-order chi connectivity index (χ1) is 13.7. The average Bonchev–Trinajstić information content (AvgIpc) is 3.11. The molecule has 0 spiro atoms. The smallest absolute Gasteiger partial charge is 0.224 e. The number of aromatic nitrogens is 1. The number of benzene rings is 1. The molecule has 1 amide bonds. The van der Waals surface area contributed by atoms with E-state index in [1.54, 1.807) is 6.20 Å². The topological polar surface area (TPSA) is 86.5 Å². The number of amides is 1. The lowest BCUT2D eigenvalue weighted by Gasteiger charge is -2.16. The van der Waals surface area contributed by atoms with Gasteiger partial charge in [-0.15, -0.1) is 0 Å². The predicted octanol–water partition coefficient (Wildman–Crippen LogP) is 3.80. The first kappa shape index (κ1) is 20.1. The minimum atomic E-state index is 0.0174. The molecule has 1 aliphatic rings. The molecule has 6 heteroatoms. The molecule has 2 aromatic rings. The zero-order valence-electron chi connectivity index (χ0n) is 16.4. The molecule has 2 atom stereocenters. The lowest BCUT2D eigenvalue weighted by atomic mass is 10.00. The number of hydrogen-bond acceptors (Lipinski definition) is 5. The Morgan fingerprint density at radius 3 is 2.79 bits per heavy atom. The monoisotopic (exact) mass is 383 g/mol. The zero-order chi connectivity index (χ0) is 19.8. The van der Waals surface area contributed by atoms with Gasteiger partial charge < -0.3 is 20.5 Å². The van der Waals surface area contributed by atoms with Gasteiger partial charge in [0.05, 0.1) is 6.61 Å². The van der Waals surface area contributed by atoms with Gasteiger partial charge in [0, 0.05) is 30.8 Å². The lowest BCUT2D eigenvalue weighted by Crippen LogP contribution is -2.31. The van der Waals surface area contributed by atoms with Gasteiger partial charge in [-0.05, 0) is 43.4 Å². The molecule has 3 N–H and O–H groups in total. The Balaban J connectivity index is 1.62. The summed E-state index contributed by atoms with van der Waals surface area (Å²) in [6, 6.07) is 11.4. The van der Waals surface area contributed by atoms with Crippen molar-refractivity contribution in [2.75, 3.05) is 6.61 Å². The molecule has 1 saturated carbocycles. The number of nitrogens with two attached hydrogens (primary N) is 1. The Kier molecular flexibility index (Phi) is 7.25. The van der Waals surface area contributed by atoms with Gasteiger partial charge in [0.2, 0.25) is 11.8 Å². The first-order valence-corrected chi connectivity index (χ1v) is 10.0. The van der Waals surface area contributed by atoms with Crippen molar-refractivity contribution in [3.8, 4) is 17.4 Å². The fourth-order valence-corrected chi connectivity index (χ4v) is 3.44. The van der Waals surface area contributed by atoms with E-state index in [1.807, 2.05) is 36.4 Å². The van der Waals surface area contributed by atoms with E-state index in [9.17, 15) is 4.79 Å². The van der Waals surface area contributed by atoms with Crippen molar-refractivity contribution in [3.63, 3.8) is 0 Å². The molecule has 1 aromatic heterocycles. The van der Waals surface area contributed by atoms with Crippen molar-refractivity contribution >= 4 is 5.91 Å². The highest BCUT2D eigenvalue weighted by Crippen LogP contribution is 2.32. The third kappa shape index (κ3) is 5.45. The summed E-state index contributed by atoms with van der Waals surface area (Å²) in [7, 11) is 0. The standard InChI is InChI=1S/C22H29N3O3/c1-2-13-27-19-10-3-4-11-20(19)28-22-17(8-6-12-24-22)15-25-21(26)14-16-7-5-9-18(16)23/h3-4,6,8,10-12,16,18H,2,5,7,9,13-15,23H2,1H3,(H,25,26)/t16-,18+/m0/s1. The van der Waals surface area contributed by atoms with Crippen LogP contribution in [0.1, 0.15) is 44.6 Å². The molecule has 0 aliphatic heterocycles. The van der Waals surface area contributed by atoms with Crippen molar-refractivity contribution in [1.29, 1.82) is 0 Å². The number of para-hydroxylation sites is 2. The second-order valence-corrected chi connectivity index (χ2v) is 7.20. The van der Waals surface area contributed by atoms with Crippen LogP contribution in [0.25, 0.3) is 0 Å². The number of nitrogens with zero attached hydrogens (tertiary/aromatic N) is 1. The Hall–Kier alpha value is -2.60. The number of pyridine rings is 1. The fraction of sp³-hybridized carbons (Fsp3) is 0.455. The van der Waals surface area contributed by atoms with Gasteiger partial charge in [0.1, 0.15) is 0 Å². The summed E-state index contributed by atoms with van der Waals surface area (Å²) >= 11 is 0. The predicted molar refractivity (Wildman–Crippen MR) is 108 cm³/mol. The van der Waals surface area contributed by atoms with Gasteiger partial charge in [-0.3, -0.25) is 4.79 Å². The highest BCUT2D eigenvalue weighted by atomic mass is 16.5. The van der Waals surface area contributed by atoms with E-state index in [2.05, 4.69) is 17.2 Å². The van der Waals surface area contributed by atoms with Crippen LogP contribution in [-0.2, 0) is 11.3 Å². The van der Waals surface area contributed by atoms with E-state index in [0.717, 1.165) is 31.2 Å². The van der Waals surface area contributed by atoms with Crippen LogP contribution in [0.4, 0.5) is 0 Å². The van der Waals surface area contributed by atoms with Gasteiger partial charge in [-0.25, -0.2) is 4.98 Å². The Morgan fingerprint density at radius 1 is 1.21 bits per heavy atom. The third-order valence-electron chi connectivity index (χ3n) is 5.01. The second kappa shape index (κ2) is 10.1.